The van der Waals surface area contributed by atoms with Crippen molar-refractivity contribution in [3.8, 4) is 6.07 Å². The second-order valence-corrected chi connectivity index (χ2v) is 7.66. The number of hydrogen-bond donors (Lipinski definition) is 3. The molecule has 24 heavy (non-hydrogen) atoms. The number of hydrazine groups is 1. The lowest BCUT2D eigenvalue weighted by atomic mass is 9.93. The van der Waals surface area contributed by atoms with Gasteiger partial charge in [0.15, 0.2) is 11.3 Å². The van der Waals surface area contributed by atoms with Gasteiger partial charge >= 0.3 is 0 Å². The van der Waals surface area contributed by atoms with Crippen molar-refractivity contribution in [2.75, 3.05) is 19.7 Å². The summed E-state index contributed by atoms with van der Waals surface area (Å²) in [5.41, 5.74) is -0.163. The van der Waals surface area contributed by atoms with Crippen LogP contribution in [0.15, 0.2) is 0 Å². The molecule has 8 heteroatoms. The first-order valence-electron chi connectivity index (χ1n) is 7.91. The van der Waals surface area contributed by atoms with Gasteiger partial charge in [0.05, 0.1) is 18.1 Å². The third-order valence-corrected chi connectivity index (χ3v) is 4.26. The number of carbonyl (C=O) groups excluding carboxylic acids is 2. The van der Waals surface area contributed by atoms with Gasteiger partial charge in [0, 0.05) is 25.0 Å². The predicted molar refractivity (Wildman–Crippen MR) is 86.3 cm³/mol. The maximum absolute atomic E-state index is 13.8. The van der Waals surface area contributed by atoms with Gasteiger partial charge < -0.3 is 10.4 Å². The van der Waals surface area contributed by atoms with Crippen LogP contribution in [0.2, 0.25) is 0 Å². The Morgan fingerprint density at radius 2 is 2.00 bits per heavy atom. The number of ketones is 1. The molecule has 0 aliphatic carbocycles. The Morgan fingerprint density at radius 3 is 2.46 bits per heavy atom. The fourth-order valence-electron chi connectivity index (χ4n) is 2.53. The van der Waals surface area contributed by atoms with Gasteiger partial charge in [-0.3, -0.25) is 9.59 Å². The molecular weight excluding hydrogens is 315 g/mol. The number of aliphatic hydroxyl groups is 1. The molecule has 0 aromatic rings. The lowest BCUT2D eigenvalue weighted by Gasteiger charge is -2.38. The van der Waals surface area contributed by atoms with E-state index in [1.165, 1.54) is 11.9 Å². The summed E-state index contributed by atoms with van der Waals surface area (Å²) in [6.45, 7) is 7.87. The third-order valence-electron chi connectivity index (χ3n) is 4.26. The minimum Gasteiger partial charge on any atom is -0.395 e. The molecule has 1 amide bonds. The van der Waals surface area contributed by atoms with Crippen LogP contribution in [-0.4, -0.2) is 58.8 Å². The van der Waals surface area contributed by atoms with Crippen molar-refractivity contribution in [1.82, 2.24) is 15.8 Å². The summed E-state index contributed by atoms with van der Waals surface area (Å²) in [6.07, 6.45) is -1.45. The average Bonchev–Trinajstić information content (AvgIpc) is 2.80. The van der Waals surface area contributed by atoms with Crippen molar-refractivity contribution in [2.45, 2.75) is 58.3 Å². The van der Waals surface area contributed by atoms with Crippen molar-refractivity contribution < 1.29 is 19.1 Å². The maximum atomic E-state index is 13.8. The number of rotatable bonds is 7. The lowest BCUT2D eigenvalue weighted by molar-refractivity contribution is -0.132. The molecule has 1 heterocycles. The summed E-state index contributed by atoms with van der Waals surface area (Å²) >= 11 is 0. The average molecular weight is 342 g/mol. The van der Waals surface area contributed by atoms with Crippen LogP contribution < -0.4 is 10.7 Å². The maximum Gasteiger partial charge on any atom is 0.228 e. The SMILES string of the molecule is CC(=O)[C@@]1(C#N)C[C@H](F)CN1NC(C)(C)CNC(=O)C(C)(C)CO. The Labute approximate surface area is 142 Å². The second kappa shape index (κ2) is 7.13. The molecule has 3 N–H and O–H groups in total. The number of amides is 1. The Kier molecular flexibility index (Phi) is 6.09. The quantitative estimate of drug-likeness (QED) is 0.614. The van der Waals surface area contributed by atoms with E-state index in [1.54, 1.807) is 27.7 Å². The summed E-state index contributed by atoms with van der Waals surface area (Å²) in [5.74, 6) is -0.735. The number of alkyl halides is 1. The summed E-state index contributed by atoms with van der Waals surface area (Å²) in [4.78, 5) is 24.0. The normalized spacial score (nSPS) is 25.3. The van der Waals surface area contributed by atoms with Crippen LogP contribution in [0.1, 0.15) is 41.0 Å². The monoisotopic (exact) mass is 342 g/mol. The van der Waals surface area contributed by atoms with E-state index in [2.05, 4.69) is 10.7 Å². The van der Waals surface area contributed by atoms with Crippen LogP contribution in [0.4, 0.5) is 4.39 Å². The van der Waals surface area contributed by atoms with Gasteiger partial charge in [0.2, 0.25) is 5.91 Å². The standard InChI is InChI=1S/C16H27FN4O3/c1-11(23)16(8-18)6-12(17)7-21(16)20-15(4,5)9-19-13(24)14(2,3)10-22/h12,20,22H,6-7,9-10H2,1-5H3,(H,19,24)/t12-,16-/m0/s1. The fourth-order valence-corrected chi connectivity index (χ4v) is 2.53. The van der Waals surface area contributed by atoms with Gasteiger partial charge in [-0.1, -0.05) is 0 Å². The minimum absolute atomic E-state index is 0.0767. The van der Waals surface area contributed by atoms with Crippen molar-refractivity contribution in [1.29, 1.82) is 5.26 Å². The molecular formula is C16H27FN4O3. The molecule has 0 unspecified atom stereocenters. The van der Waals surface area contributed by atoms with Gasteiger partial charge in [-0.2, -0.15) is 5.26 Å². The lowest BCUT2D eigenvalue weighted by Crippen LogP contribution is -2.63. The third kappa shape index (κ3) is 4.29. The largest absolute Gasteiger partial charge is 0.395 e. The smallest absolute Gasteiger partial charge is 0.228 e. The van der Waals surface area contributed by atoms with Gasteiger partial charge in [0.25, 0.3) is 0 Å². The molecule has 1 aliphatic rings. The van der Waals surface area contributed by atoms with E-state index < -0.39 is 28.4 Å². The molecule has 0 aromatic carbocycles. The first kappa shape index (κ1) is 20.5. The van der Waals surface area contributed by atoms with Crippen LogP contribution in [0.25, 0.3) is 0 Å². The predicted octanol–water partition coefficient (Wildman–Crippen LogP) is 0.299. The first-order valence-corrected chi connectivity index (χ1v) is 7.91. The Hall–Kier alpha value is -1.56. The summed E-state index contributed by atoms with van der Waals surface area (Å²) in [5, 5.41) is 22.7. The van der Waals surface area contributed by atoms with Crippen LogP contribution >= 0.6 is 0 Å². The number of halogens is 1. The van der Waals surface area contributed by atoms with Crippen LogP contribution in [0.3, 0.4) is 0 Å². The minimum atomic E-state index is -1.54. The van der Waals surface area contributed by atoms with Gasteiger partial charge in [-0.25, -0.2) is 14.8 Å². The topological polar surface area (TPSA) is 105 Å². The van der Waals surface area contributed by atoms with E-state index in [-0.39, 0.29) is 32.0 Å². The first-order chi connectivity index (χ1) is 10.9. The van der Waals surface area contributed by atoms with Gasteiger partial charge in [-0.15, -0.1) is 0 Å². The summed E-state index contributed by atoms with van der Waals surface area (Å²) < 4.78 is 13.8. The number of Topliss-reactive ketones (excluding diaryl/α,β-unsaturated/α-hetero) is 1. The molecule has 0 aromatic heterocycles. The Bertz CT molecular complexity index is 544. The Morgan fingerprint density at radius 1 is 1.42 bits per heavy atom. The van der Waals surface area contributed by atoms with Crippen LogP contribution in [0.5, 0.6) is 0 Å². The molecule has 2 atom stereocenters. The number of nitriles is 1. The number of nitrogens with one attached hydrogen (secondary N) is 2. The molecule has 1 saturated heterocycles. The molecule has 1 fully saturated rings. The molecule has 0 saturated carbocycles. The highest BCUT2D eigenvalue weighted by atomic mass is 19.1. The van der Waals surface area contributed by atoms with E-state index in [9.17, 15) is 24.3 Å². The molecule has 0 radical (unpaired) electrons. The van der Waals surface area contributed by atoms with E-state index >= 15 is 0 Å². The van der Waals surface area contributed by atoms with Crippen LogP contribution in [-0.2, 0) is 9.59 Å². The Balaban J connectivity index is 2.81. The van der Waals surface area contributed by atoms with Gasteiger partial charge in [0.1, 0.15) is 6.17 Å². The number of aliphatic hydroxyl groups excluding tert-OH is 1. The van der Waals surface area contributed by atoms with Crippen LogP contribution in [0, 0.1) is 16.7 Å². The van der Waals surface area contributed by atoms with Crippen molar-refractivity contribution in [2.24, 2.45) is 5.41 Å². The zero-order valence-corrected chi connectivity index (χ0v) is 14.9. The molecule has 7 nitrogen and oxygen atoms in total. The van der Waals surface area contributed by atoms with E-state index in [0.29, 0.717) is 0 Å². The number of carbonyl (C=O) groups is 2. The fraction of sp³-hybridized carbons (Fsp3) is 0.812. The number of hydrogen-bond acceptors (Lipinski definition) is 6. The molecule has 136 valence electrons. The van der Waals surface area contributed by atoms with Crippen molar-refractivity contribution >= 4 is 11.7 Å². The molecule has 0 spiro atoms. The van der Waals surface area contributed by atoms with Crippen molar-refractivity contribution in [3.05, 3.63) is 0 Å². The van der Waals surface area contributed by atoms with E-state index in [4.69, 9.17) is 0 Å². The zero-order chi connectivity index (χ0) is 18.8. The molecule has 1 rings (SSSR count). The second-order valence-electron chi connectivity index (χ2n) is 7.66. The summed E-state index contributed by atoms with van der Waals surface area (Å²) in [7, 11) is 0. The van der Waals surface area contributed by atoms with Gasteiger partial charge in [-0.05, 0) is 34.6 Å². The molecule has 1 aliphatic heterocycles. The van der Waals surface area contributed by atoms with E-state index in [0.717, 1.165) is 0 Å². The number of nitrogens with zero attached hydrogens (tertiary/aromatic N) is 2. The highest BCUT2D eigenvalue weighted by Gasteiger charge is 2.51. The van der Waals surface area contributed by atoms with E-state index in [1.807, 2.05) is 6.07 Å². The highest BCUT2D eigenvalue weighted by molar-refractivity contribution is 5.89. The molecule has 0 bridgehead atoms. The summed E-state index contributed by atoms with van der Waals surface area (Å²) in [6, 6.07) is 1.93. The highest BCUT2D eigenvalue weighted by Crippen LogP contribution is 2.31. The zero-order valence-electron chi connectivity index (χ0n) is 14.9. The van der Waals surface area contributed by atoms with Crippen molar-refractivity contribution in [3.63, 3.8) is 0 Å².